The van der Waals surface area contributed by atoms with Gasteiger partial charge in [-0.05, 0) is 26.3 Å². The van der Waals surface area contributed by atoms with Gasteiger partial charge in [-0.1, -0.05) is 29.8 Å². The van der Waals surface area contributed by atoms with Gasteiger partial charge in [0.25, 0.3) is 5.91 Å². The van der Waals surface area contributed by atoms with Crippen LogP contribution < -0.4 is 5.32 Å². The molecule has 1 amide bonds. The number of hydrogen-bond donors (Lipinski definition) is 1. The molecule has 1 aromatic carbocycles. The Balaban J connectivity index is 1.73. The highest BCUT2D eigenvalue weighted by Gasteiger charge is 2.18. The van der Waals surface area contributed by atoms with E-state index in [1.54, 1.807) is 15.7 Å². The Bertz CT molecular complexity index is 892. The molecule has 3 aromatic rings. The van der Waals surface area contributed by atoms with Crippen molar-refractivity contribution in [3.05, 3.63) is 58.7 Å². The zero-order chi connectivity index (χ0) is 17.3. The molecule has 0 unspecified atom stereocenters. The second-order valence-electron chi connectivity index (χ2n) is 5.88. The maximum absolute atomic E-state index is 12.4. The van der Waals surface area contributed by atoms with E-state index in [1.165, 1.54) is 5.56 Å². The topological polar surface area (TPSA) is 77.6 Å². The van der Waals surface area contributed by atoms with Gasteiger partial charge in [0, 0.05) is 12.7 Å². The first-order valence-electron chi connectivity index (χ1n) is 7.70. The Kier molecular flexibility index (Phi) is 4.16. The van der Waals surface area contributed by atoms with Crippen molar-refractivity contribution in [1.82, 2.24) is 24.5 Å². The van der Waals surface area contributed by atoms with E-state index in [-0.39, 0.29) is 11.9 Å². The number of carbonyl (C=O) groups excluding carboxylic acids is 1. The number of nitrogens with one attached hydrogen (secondary N) is 1. The van der Waals surface area contributed by atoms with Crippen LogP contribution in [0.4, 0.5) is 5.95 Å². The summed E-state index contributed by atoms with van der Waals surface area (Å²) in [5, 5.41) is 11.3. The largest absolute Gasteiger partial charge is 0.289 e. The monoisotopic (exact) mass is 324 g/mol. The molecule has 0 atom stereocenters. The van der Waals surface area contributed by atoms with E-state index in [0.717, 1.165) is 11.3 Å². The smallest absolute Gasteiger partial charge is 0.261 e. The van der Waals surface area contributed by atoms with Gasteiger partial charge in [0.15, 0.2) is 0 Å². The van der Waals surface area contributed by atoms with Crippen molar-refractivity contribution in [2.45, 2.75) is 27.3 Å². The first kappa shape index (κ1) is 15.9. The summed E-state index contributed by atoms with van der Waals surface area (Å²) in [6, 6.07) is 8.20. The minimum atomic E-state index is -0.244. The molecular formula is C17H20N6O. The second-order valence-corrected chi connectivity index (χ2v) is 5.88. The Morgan fingerprint density at radius 2 is 2.00 bits per heavy atom. The van der Waals surface area contributed by atoms with E-state index in [0.29, 0.717) is 17.8 Å². The third-order valence-corrected chi connectivity index (χ3v) is 3.92. The van der Waals surface area contributed by atoms with E-state index in [1.807, 2.05) is 33.0 Å². The molecule has 7 nitrogen and oxygen atoms in total. The summed E-state index contributed by atoms with van der Waals surface area (Å²) in [6.07, 6.45) is 1.61. The fraction of sp³-hybridized carbons (Fsp3) is 0.294. The summed E-state index contributed by atoms with van der Waals surface area (Å²) in [6.45, 7) is 6.33. The maximum Gasteiger partial charge on any atom is 0.261 e. The number of aromatic nitrogens is 5. The van der Waals surface area contributed by atoms with Gasteiger partial charge < -0.3 is 0 Å². The number of hydrogen-bond acceptors (Lipinski definition) is 4. The minimum absolute atomic E-state index is 0.244. The molecule has 0 bridgehead atoms. The lowest BCUT2D eigenvalue weighted by Gasteiger charge is -2.03. The third kappa shape index (κ3) is 3.19. The maximum atomic E-state index is 12.4. The molecule has 0 aliphatic rings. The number of aryl methyl sites for hydroxylation is 3. The van der Waals surface area contributed by atoms with Crippen LogP contribution in [0.2, 0.25) is 0 Å². The summed E-state index contributed by atoms with van der Waals surface area (Å²) >= 11 is 0. The highest BCUT2D eigenvalue weighted by atomic mass is 16.1. The van der Waals surface area contributed by atoms with E-state index < -0.39 is 0 Å². The molecule has 24 heavy (non-hydrogen) atoms. The zero-order valence-corrected chi connectivity index (χ0v) is 14.2. The van der Waals surface area contributed by atoms with Gasteiger partial charge in [-0.2, -0.15) is 5.10 Å². The quantitative estimate of drug-likeness (QED) is 0.798. The van der Waals surface area contributed by atoms with Crippen molar-refractivity contribution in [2.75, 3.05) is 5.32 Å². The molecule has 3 rings (SSSR count). The van der Waals surface area contributed by atoms with Crippen molar-refractivity contribution in [3.63, 3.8) is 0 Å². The lowest BCUT2D eigenvalue weighted by atomic mass is 10.1. The van der Waals surface area contributed by atoms with Crippen LogP contribution in [0.15, 0.2) is 30.6 Å². The molecule has 0 aliphatic carbocycles. The van der Waals surface area contributed by atoms with Crippen LogP contribution in [-0.2, 0) is 13.6 Å². The summed E-state index contributed by atoms with van der Waals surface area (Å²) in [7, 11) is 1.81. The summed E-state index contributed by atoms with van der Waals surface area (Å²) in [4.78, 5) is 16.6. The third-order valence-electron chi connectivity index (χ3n) is 3.92. The molecule has 0 aliphatic heterocycles. The van der Waals surface area contributed by atoms with Crippen LogP contribution >= 0.6 is 0 Å². The molecule has 0 radical (unpaired) electrons. The normalized spacial score (nSPS) is 10.8. The predicted molar refractivity (Wildman–Crippen MR) is 90.9 cm³/mol. The molecule has 7 heteroatoms. The number of anilines is 1. The molecule has 0 spiro atoms. The Hall–Kier alpha value is -2.96. The zero-order valence-electron chi connectivity index (χ0n) is 14.2. The number of carbonyl (C=O) groups is 1. The van der Waals surface area contributed by atoms with Crippen LogP contribution in [0.1, 0.15) is 32.9 Å². The van der Waals surface area contributed by atoms with Crippen molar-refractivity contribution in [2.24, 2.45) is 7.05 Å². The van der Waals surface area contributed by atoms with Crippen molar-refractivity contribution in [3.8, 4) is 0 Å². The standard InChI is InChI=1S/C17H20N6O/c1-11-6-5-7-14(8-11)9-23-10-18-17(21-23)19-16(24)15-12(2)20-22(4)13(15)3/h5-8,10H,9H2,1-4H3,(H,19,21,24). The SMILES string of the molecule is Cc1cccc(Cn2cnc(NC(=O)c3c(C)nn(C)c3C)n2)c1. The van der Waals surface area contributed by atoms with Gasteiger partial charge in [-0.3, -0.25) is 14.8 Å². The van der Waals surface area contributed by atoms with Crippen LogP contribution in [0.25, 0.3) is 0 Å². The highest BCUT2D eigenvalue weighted by Crippen LogP contribution is 2.13. The van der Waals surface area contributed by atoms with Gasteiger partial charge in [-0.15, -0.1) is 5.10 Å². The second kappa shape index (κ2) is 6.27. The van der Waals surface area contributed by atoms with Crippen molar-refractivity contribution < 1.29 is 4.79 Å². The minimum Gasteiger partial charge on any atom is -0.289 e. The van der Waals surface area contributed by atoms with E-state index >= 15 is 0 Å². The van der Waals surface area contributed by atoms with Gasteiger partial charge in [-0.25, -0.2) is 9.67 Å². The molecule has 1 N–H and O–H groups in total. The van der Waals surface area contributed by atoms with Crippen LogP contribution in [0.5, 0.6) is 0 Å². The first-order valence-corrected chi connectivity index (χ1v) is 7.70. The Morgan fingerprint density at radius 1 is 1.21 bits per heavy atom. The fourth-order valence-electron chi connectivity index (χ4n) is 2.69. The van der Waals surface area contributed by atoms with Gasteiger partial charge >= 0.3 is 0 Å². The highest BCUT2D eigenvalue weighted by molar-refractivity contribution is 6.04. The molecule has 0 saturated carbocycles. The average Bonchev–Trinajstić information content (AvgIpc) is 3.04. The van der Waals surface area contributed by atoms with E-state index in [9.17, 15) is 4.79 Å². The van der Waals surface area contributed by atoms with Crippen molar-refractivity contribution in [1.29, 1.82) is 0 Å². The van der Waals surface area contributed by atoms with Crippen LogP contribution in [0.3, 0.4) is 0 Å². The predicted octanol–water partition coefficient (Wildman–Crippen LogP) is 2.24. The number of nitrogens with zero attached hydrogens (tertiary/aromatic N) is 5. The van der Waals surface area contributed by atoms with Gasteiger partial charge in [0.1, 0.15) is 6.33 Å². The van der Waals surface area contributed by atoms with Gasteiger partial charge in [0.05, 0.1) is 17.8 Å². The van der Waals surface area contributed by atoms with Crippen molar-refractivity contribution >= 4 is 11.9 Å². The summed E-state index contributed by atoms with van der Waals surface area (Å²) < 4.78 is 3.39. The van der Waals surface area contributed by atoms with Crippen LogP contribution in [-0.4, -0.2) is 30.5 Å². The molecule has 2 heterocycles. The molecular weight excluding hydrogens is 304 g/mol. The lowest BCUT2D eigenvalue weighted by molar-refractivity contribution is 0.102. The summed E-state index contributed by atoms with van der Waals surface area (Å²) in [5.41, 5.74) is 4.39. The number of amides is 1. The Morgan fingerprint density at radius 3 is 2.67 bits per heavy atom. The van der Waals surface area contributed by atoms with E-state index in [2.05, 4.69) is 39.6 Å². The average molecular weight is 324 g/mol. The molecule has 0 fully saturated rings. The van der Waals surface area contributed by atoms with E-state index in [4.69, 9.17) is 0 Å². The molecule has 2 aromatic heterocycles. The van der Waals surface area contributed by atoms with Gasteiger partial charge in [0.2, 0.25) is 5.95 Å². The molecule has 124 valence electrons. The number of rotatable bonds is 4. The molecule has 0 saturated heterocycles. The first-order chi connectivity index (χ1) is 11.4. The van der Waals surface area contributed by atoms with Crippen LogP contribution in [0, 0.1) is 20.8 Å². The number of benzene rings is 1. The fourth-order valence-corrected chi connectivity index (χ4v) is 2.69. The Labute approximate surface area is 140 Å². The lowest BCUT2D eigenvalue weighted by Crippen LogP contribution is -2.15. The summed E-state index contributed by atoms with van der Waals surface area (Å²) in [5.74, 6) is 0.0433.